The molecule has 0 bridgehead atoms. The van der Waals surface area contributed by atoms with Gasteiger partial charge in [-0.25, -0.2) is 5.01 Å². The number of methoxy groups -OCH3 is 1. The molecular formula is C27H32N2O3. The van der Waals surface area contributed by atoms with Crippen molar-refractivity contribution in [2.75, 3.05) is 7.11 Å². The summed E-state index contributed by atoms with van der Waals surface area (Å²) in [6.07, 6.45) is 9.86. The van der Waals surface area contributed by atoms with E-state index in [-0.39, 0.29) is 12.0 Å². The topological polar surface area (TPSA) is 51.1 Å². The number of amides is 1. The van der Waals surface area contributed by atoms with E-state index in [2.05, 4.69) is 12.1 Å². The van der Waals surface area contributed by atoms with Gasteiger partial charge >= 0.3 is 0 Å². The van der Waals surface area contributed by atoms with Crippen LogP contribution in [0.4, 0.5) is 0 Å². The lowest BCUT2D eigenvalue weighted by molar-refractivity contribution is -0.138. The number of hydrogen-bond acceptors (Lipinski definition) is 4. The molecule has 2 aliphatic carbocycles. The Morgan fingerprint density at radius 1 is 0.969 bits per heavy atom. The molecule has 0 N–H and O–H groups in total. The van der Waals surface area contributed by atoms with E-state index in [9.17, 15) is 4.79 Å². The molecule has 5 rings (SSSR count). The van der Waals surface area contributed by atoms with E-state index in [1.54, 1.807) is 12.1 Å². The van der Waals surface area contributed by atoms with Gasteiger partial charge in [-0.05, 0) is 62.3 Å². The lowest BCUT2D eigenvalue weighted by atomic mass is 9.69. The van der Waals surface area contributed by atoms with Crippen LogP contribution >= 0.6 is 0 Å². The van der Waals surface area contributed by atoms with E-state index >= 15 is 0 Å². The molecule has 32 heavy (non-hydrogen) atoms. The van der Waals surface area contributed by atoms with Crippen molar-refractivity contribution in [1.82, 2.24) is 5.01 Å². The molecule has 5 heteroatoms. The Morgan fingerprint density at radius 2 is 1.72 bits per heavy atom. The van der Waals surface area contributed by atoms with Crippen LogP contribution in [0.2, 0.25) is 0 Å². The zero-order valence-electron chi connectivity index (χ0n) is 18.9. The summed E-state index contributed by atoms with van der Waals surface area (Å²) >= 11 is 0. The van der Waals surface area contributed by atoms with Gasteiger partial charge in [0.25, 0.3) is 5.91 Å². The standard InChI is InChI=1S/C27H32N2O3/c1-31-23-15-14-21(18-24(23)32-22-12-6-7-13-22)25-27(16-8-3-9-17-27)26(30)29(28-25)19-20-10-4-2-5-11-20/h2,4-5,10-11,14-15,18,22H,3,6-9,12-13,16-17,19H2,1H3. The van der Waals surface area contributed by atoms with Crippen molar-refractivity contribution in [3.8, 4) is 11.5 Å². The van der Waals surface area contributed by atoms with Crippen LogP contribution in [0.3, 0.4) is 0 Å². The van der Waals surface area contributed by atoms with Crippen molar-refractivity contribution < 1.29 is 14.3 Å². The number of carbonyl (C=O) groups excluding carboxylic acids is 1. The Labute approximate surface area is 190 Å². The highest BCUT2D eigenvalue weighted by molar-refractivity contribution is 6.20. The maximum atomic E-state index is 13.7. The van der Waals surface area contributed by atoms with Crippen molar-refractivity contribution in [3.63, 3.8) is 0 Å². The molecule has 0 atom stereocenters. The molecule has 1 spiro atoms. The molecule has 1 heterocycles. The fraction of sp³-hybridized carbons (Fsp3) is 0.481. The zero-order chi connectivity index (χ0) is 22.0. The number of nitrogens with zero attached hydrogens (tertiary/aromatic N) is 2. The summed E-state index contributed by atoms with van der Waals surface area (Å²) in [6, 6.07) is 16.2. The van der Waals surface area contributed by atoms with Crippen LogP contribution < -0.4 is 9.47 Å². The molecule has 3 aliphatic rings. The van der Waals surface area contributed by atoms with Crippen molar-refractivity contribution in [2.24, 2.45) is 10.5 Å². The molecule has 2 aromatic rings. The van der Waals surface area contributed by atoms with Gasteiger partial charge in [-0.3, -0.25) is 4.79 Å². The third kappa shape index (κ3) is 3.89. The lowest BCUT2D eigenvalue weighted by Gasteiger charge is -2.33. The second-order valence-corrected chi connectivity index (χ2v) is 9.33. The highest BCUT2D eigenvalue weighted by Gasteiger charge is 2.51. The number of rotatable bonds is 6. The summed E-state index contributed by atoms with van der Waals surface area (Å²) < 4.78 is 11.9. The van der Waals surface area contributed by atoms with Gasteiger partial charge in [-0.1, -0.05) is 49.6 Å². The normalized spacial score (nSPS) is 20.6. The van der Waals surface area contributed by atoms with E-state index < -0.39 is 5.41 Å². The Kier molecular flexibility index (Phi) is 5.90. The number of hydrogen-bond donors (Lipinski definition) is 0. The maximum Gasteiger partial charge on any atom is 0.255 e. The molecule has 1 aliphatic heterocycles. The van der Waals surface area contributed by atoms with Crippen molar-refractivity contribution in [3.05, 3.63) is 59.7 Å². The average Bonchev–Trinajstić information content (AvgIpc) is 3.43. The first-order valence-electron chi connectivity index (χ1n) is 12.0. The summed E-state index contributed by atoms with van der Waals surface area (Å²) in [5.74, 6) is 1.65. The number of benzene rings is 2. The predicted octanol–water partition coefficient (Wildman–Crippen LogP) is 5.71. The lowest BCUT2D eigenvalue weighted by Crippen LogP contribution is -2.41. The minimum absolute atomic E-state index is 0.144. The molecular weight excluding hydrogens is 400 g/mol. The van der Waals surface area contributed by atoms with Gasteiger partial charge < -0.3 is 9.47 Å². The quantitative estimate of drug-likeness (QED) is 0.587. The molecule has 2 fully saturated rings. The fourth-order valence-electron chi connectivity index (χ4n) is 5.52. The smallest absolute Gasteiger partial charge is 0.255 e. The number of ether oxygens (including phenoxy) is 2. The Balaban J connectivity index is 1.51. The molecule has 0 unspecified atom stereocenters. The van der Waals surface area contributed by atoms with E-state index in [0.29, 0.717) is 6.54 Å². The van der Waals surface area contributed by atoms with Crippen LogP contribution in [0.1, 0.15) is 68.9 Å². The number of hydrazone groups is 1. The van der Waals surface area contributed by atoms with Gasteiger partial charge in [0.2, 0.25) is 0 Å². The summed E-state index contributed by atoms with van der Waals surface area (Å²) in [4.78, 5) is 13.7. The van der Waals surface area contributed by atoms with Crippen LogP contribution in [0.25, 0.3) is 0 Å². The first-order chi connectivity index (χ1) is 15.7. The monoisotopic (exact) mass is 432 g/mol. The van der Waals surface area contributed by atoms with Gasteiger partial charge in [0.05, 0.1) is 30.9 Å². The Bertz CT molecular complexity index is 989. The zero-order valence-corrected chi connectivity index (χ0v) is 18.9. The van der Waals surface area contributed by atoms with Crippen molar-refractivity contribution in [2.45, 2.75) is 70.4 Å². The molecule has 1 amide bonds. The summed E-state index contributed by atoms with van der Waals surface area (Å²) in [5, 5.41) is 6.64. The predicted molar refractivity (Wildman–Crippen MR) is 125 cm³/mol. The van der Waals surface area contributed by atoms with Gasteiger partial charge in [0.15, 0.2) is 11.5 Å². The van der Waals surface area contributed by atoms with Gasteiger partial charge in [0, 0.05) is 5.56 Å². The molecule has 5 nitrogen and oxygen atoms in total. The maximum absolute atomic E-state index is 13.7. The highest BCUT2D eigenvalue weighted by Crippen LogP contribution is 2.46. The SMILES string of the molecule is COc1ccc(C2=NN(Cc3ccccc3)C(=O)C23CCCCC3)cc1OC1CCCC1. The third-order valence-corrected chi connectivity index (χ3v) is 7.23. The van der Waals surface area contributed by atoms with E-state index in [4.69, 9.17) is 14.6 Å². The molecule has 2 saturated carbocycles. The largest absolute Gasteiger partial charge is 0.493 e. The third-order valence-electron chi connectivity index (χ3n) is 7.23. The van der Waals surface area contributed by atoms with E-state index in [1.807, 2.05) is 36.4 Å². The van der Waals surface area contributed by atoms with E-state index in [0.717, 1.165) is 66.9 Å². The summed E-state index contributed by atoms with van der Waals surface area (Å²) in [6.45, 7) is 0.506. The van der Waals surface area contributed by atoms with E-state index in [1.165, 1.54) is 19.3 Å². The van der Waals surface area contributed by atoms with Crippen LogP contribution in [-0.2, 0) is 11.3 Å². The van der Waals surface area contributed by atoms with Crippen LogP contribution in [0.15, 0.2) is 53.6 Å². The fourth-order valence-corrected chi connectivity index (χ4v) is 5.52. The minimum atomic E-state index is -0.522. The molecule has 168 valence electrons. The Hall–Kier alpha value is -2.82. The first kappa shape index (κ1) is 21.0. The number of carbonyl (C=O) groups is 1. The summed E-state index contributed by atoms with van der Waals surface area (Å²) in [5.41, 5.74) is 2.45. The summed E-state index contributed by atoms with van der Waals surface area (Å²) in [7, 11) is 1.68. The van der Waals surface area contributed by atoms with Crippen LogP contribution in [-0.4, -0.2) is 29.8 Å². The van der Waals surface area contributed by atoms with Gasteiger partial charge in [0.1, 0.15) is 0 Å². The Morgan fingerprint density at radius 3 is 2.44 bits per heavy atom. The first-order valence-corrected chi connectivity index (χ1v) is 12.0. The minimum Gasteiger partial charge on any atom is -0.493 e. The average molecular weight is 433 g/mol. The second-order valence-electron chi connectivity index (χ2n) is 9.33. The van der Waals surface area contributed by atoms with Gasteiger partial charge in [-0.2, -0.15) is 5.10 Å². The van der Waals surface area contributed by atoms with Gasteiger partial charge in [-0.15, -0.1) is 0 Å². The highest BCUT2D eigenvalue weighted by atomic mass is 16.5. The molecule has 0 radical (unpaired) electrons. The van der Waals surface area contributed by atoms with Crippen molar-refractivity contribution in [1.29, 1.82) is 0 Å². The van der Waals surface area contributed by atoms with Crippen LogP contribution in [0.5, 0.6) is 11.5 Å². The molecule has 0 saturated heterocycles. The molecule has 0 aromatic heterocycles. The molecule has 2 aromatic carbocycles. The van der Waals surface area contributed by atoms with Crippen LogP contribution in [0, 0.1) is 5.41 Å². The van der Waals surface area contributed by atoms with Crippen molar-refractivity contribution >= 4 is 11.6 Å². The second kappa shape index (κ2) is 8.97.